The molecule has 1 saturated heterocycles. The van der Waals surface area contributed by atoms with Crippen molar-refractivity contribution < 1.29 is 14.3 Å². The van der Waals surface area contributed by atoms with Crippen LogP contribution in [0.5, 0.6) is 11.5 Å². The molecule has 2 aliphatic heterocycles. The van der Waals surface area contributed by atoms with E-state index in [4.69, 9.17) is 9.47 Å². The molecule has 2 aliphatic rings. The van der Waals surface area contributed by atoms with E-state index in [1.165, 1.54) is 0 Å². The van der Waals surface area contributed by atoms with Crippen LogP contribution in [0.3, 0.4) is 0 Å². The molecule has 1 unspecified atom stereocenters. The van der Waals surface area contributed by atoms with Crippen LogP contribution in [0.2, 0.25) is 0 Å². The summed E-state index contributed by atoms with van der Waals surface area (Å²) in [4.78, 5) is 14.2. The maximum Gasteiger partial charge on any atom is 0.260 e. The summed E-state index contributed by atoms with van der Waals surface area (Å²) < 4.78 is 11.1. The number of benzene rings is 1. The Bertz CT molecular complexity index is 486. The molecule has 0 spiro atoms. The topological polar surface area (TPSA) is 38.8 Å². The first-order chi connectivity index (χ1) is 8.14. The Kier molecular flexibility index (Phi) is 2.08. The predicted octanol–water partition coefficient (Wildman–Crippen LogP) is 2.04. The van der Waals surface area contributed by atoms with Crippen molar-refractivity contribution in [3.63, 3.8) is 0 Å². The lowest BCUT2D eigenvalue weighted by Crippen LogP contribution is -2.52. The number of methoxy groups -OCH3 is 1. The first-order valence-electron chi connectivity index (χ1n) is 5.83. The summed E-state index contributed by atoms with van der Waals surface area (Å²) in [6.45, 7) is 2.75. The Morgan fingerprint density at radius 1 is 1.47 bits per heavy atom. The van der Waals surface area contributed by atoms with E-state index in [1.807, 2.05) is 24.0 Å². The van der Waals surface area contributed by atoms with Gasteiger partial charge in [-0.05, 0) is 31.5 Å². The molecule has 1 amide bonds. The number of carbonyl (C=O) groups is 1. The number of hydrogen-bond donors (Lipinski definition) is 0. The van der Waals surface area contributed by atoms with Gasteiger partial charge in [0.1, 0.15) is 11.5 Å². The lowest BCUT2D eigenvalue weighted by molar-refractivity contribution is -0.0374. The van der Waals surface area contributed by atoms with Gasteiger partial charge in [-0.3, -0.25) is 4.79 Å². The fourth-order valence-electron chi connectivity index (χ4n) is 2.63. The molecule has 0 bridgehead atoms. The minimum atomic E-state index is -0.460. The average molecular weight is 233 g/mol. The van der Waals surface area contributed by atoms with Crippen LogP contribution in [-0.4, -0.2) is 30.2 Å². The number of fused-ring (bicyclic) bond motifs is 2. The highest BCUT2D eigenvalue weighted by Gasteiger charge is 2.46. The van der Waals surface area contributed by atoms with Crippen LogP contribution >= 0.6 is 0 Å². The third-order valence-corrected chi connectivity index (χ3v) is 3.59. The van der Waals surface area contributed by atoms with Gasteiger partial charge in [-0.2, -0.15) is 0 Å². The molecule has 4 nitrogen and oxygen atoms in total. The molecule has 0 saturated carbocycles. The smallest absolute Gasteiger partial charge is 0.260 e. The maximum atomic E-state index is 12.4. The number of hydrogen-bond acceptors (Lipinski definition) is 3. The number of amides is 1. The van der Waals surface area contributed by atoms with Crippen LogP contribution in [-0.2, 0) is 0 Å². The second kappa shape index (κ2) is 3.39. The van der Waals surface area contributed by atoms with Crippen LogP contribution in [0, 0.1) is 0 Å². The van der Waals surface area contributed by atoms with Crippen molar-refractivity contribution in [3.8, 4) is 11.5 Å². The van der Waals surface area contributed by atoms with Crippen LogP contribution in [0.1, 0.15) is 30.1 Å². The van der Waals surface area contributed by atoms with E-state index in [1.54, 1.807) is 13.2 Å². The van der Waals surface area contributed by atoms with E-state index in [2.05, 4.69) is 0 Å². The largest absolute Gasteiger partial charge is 0.497 e. The molecule has 3 rings (SSSR count). The summed E-state index contributed by atoms with van der Waals surface area (Å²) in [5.41, 5.74) is 0.141. The van der Waals surface area contributed by atoms with Gasteiger partial charge in [0.25, 0.3) is 5.91 Å². The van der Waals surface area contributed by atoms with Gasteiger partial charge in [0.15, 0.2) is 5.72 Å². The van der Waals surface area contributed by atoms with E-state index in [0.29, 0.717) is 17.1 Å². The summed E-state index contributed by atoms with van der Waals surface area (Å²) in [5, 5.41) is 0. The fourth-order valence-corrected chi connectivity index (χ4v) is 2.63. The van der Waals surface area contributed by atoms with Crippen LogP contribution in [0.4, 0.5) is 0 Å². The van der Waals surface area contributed by atoms with Gasteiger partial charge in [-0.1, -0.05) is 0 Å². The first-order valence-corrected chi connectivity index (χ1v) is 5.83. The zero-order valence-electron chi connectivity index (χ0n) is 10.0. The number of carbonyl (C=O) groups excluding carboxylic acids is 1. The molecule has 0 N–H and O–H groups in total. The van der Waals surface area contributed by atoms with Crippen LogP contribution in [0.25, 0.3) is 0 Å². The Labute approximate surface area is 100 Å². The molecule has 1 aromatic rings. The third kappa shape index (κ3) is 1.40. The summed E-state index contributed by atoms with van der Waals surface area (Å²) >= 11 is 0. The van der Waals surface area contributed by atoms with Gasteiger partial charge in [0.05, 0.1) is 12.7 Å². The second-order valence-corrected chi connectivity index (χ2v) is 4.70. The molecule has 0 aromatic heterocycles. The van der Waals surface area contributed by atoms with Crippen molar-refractivity contribution in [2.75, 3.05) is 13.7 Å². The van der Waals surface area contributed by atoms with E-state index in [9.17, 15) is 4.79 Å². The van der Waals surface area contributed by atoms with Gasteiger partial charge < -0.3 is 14.4 Å². The molecular weight excluding hydrogens is 218 g/mol. The van der Waals surface area contributed by atoms with Crippen molar-refractivity contribution in [1.82, 2.24) is 4.90 Å². The second-order valence-electron chi connectivity index (χ2n) is 4.70. The minimum absolute atomic E-state index is 0.0464. The molecule has 1 fully saturated rings. The average Bonchev–Trinajstić information content (AvgIpc) is 2.71. The lowest BCUT2D eigenvalue weighted by Gasteiger charge is -2.40. The summed E-state index contributed by atoms with van der Waals surface area (Å²) in [5.74, 6) is 1.39. The Hall–Kier alpha value is -1.71. The van der Waals surface area contributed by atoms with E-state index in [0.717, 1.165) is 19.4 Å². The predicted molar refractivity (Wildman–Crippen MR) is 62.3 cm³/mol. The van der Waals surface area contributed by atoms with Crippen molar-refractivity contribution in [2.24, 2.45) is 0 Å². The Morgan fingerprint density at radius 3 is 3.06 bits per heavy atom. The molecule has 0 radical (unpaired) electrons. The van der Waals surface area contributed by atoms with Crippen molar-refractivity contribution >= 4 is 5.91 Å². The van der Waals surface area contributed by atoms with E-state index < -0.39 is 5.72 Å². The van der Waals surface area contributed by atoms with Crippen molar-refractivity contribution in [2.45, 2.75) is 25.5 Å². The van der Waals surface area contributed by atoms with Gasteiger partial charge in [-0.25, -0.2) is 0 Å². The molecular formula is C13H15NO3. The van der Waals surface area contributed by atoms with Crippen LogP contribution in [0.15, 0.2) is 18.2 Å². The molecule has 1 atom stereocenters. The quantitative estimate of drug-likeness (QED) is 0.745. The van der Waals surface area contributed by atoms with E-state index >= 15 is 0 Å². The highest BCUT2D eigenvalue weighted by Crippen LogP contribution is 2.40. The number of rotatable bonds is 1. The summed E-state index contributed by atoms with van der Waals surface area (Å²) in [7, 11) is 1.59. The first kappa shape index (κ1) is 10.4. The third-order valence-electron chi connectivity index (χ3n) is 3.59. The number of nitrogens with zero attached hydrogens (tertiary/aromatic N) is 1. The van der Waals surface area contributed by atoms with Gasteiger partial charge in [0.2, 0.25) is 0 Å². The fraction of sp³-hybridized carbons (Fsp3) is 0.462. The minimum Gasteiger partial charge on any atom is -0.497 e. The monoisotopic (exact) mass is 233 g/mol. The molecule has 1 aromatic carbocycles. The van der Waals surface area contributed by atoms with E-state index in [-0.39, 0.29) is 5.91 Å². The lowest BCUT2D eigenvalue weighted by atomic mass is 10.1. The molecule has 90 valence electrons. The van der Waals surface area contributed by atoms with Gasteiger partial charge in [0, 0.05) is 13.0 Å². The normalized spacial score (nSPS) is 26.2. The highest BCUT2D eigenvalue weighted by molar-refractivity contribution is 5.99. The SMILES string of the molecule is COc1ccc2c(c1)C(=O)N1CCCC1(C)O2. The molecule has 4 heteroatoms. The highest BCUT2D eigenvalue weighted by atomic mass is 16.5. The maximum absolute atomic E-state index is 12.4. The van der Waals surface area contributed by atoms with Crippen LogP contribution < -0.4 is 9.47 Å². The van der Waals surface area contributed by atoms with Gasteiger partial charge in [-0.15, -0.1) is 0 Å². The summed E-state index contributed by atoms with van der Waals surface area (Å²) in [6, 6.07) is 5.38. The Balaban J connectivity index is 2.09. The zero-order valence-corrected chi connectivity index (χ0v) is 10.0. The van der Waals surface area contributed by atoms with Gasteiger partial charge >= 0.3 is 0 Å². The van der Waals surface area contributed by atoms with Crippen molar-refractivity contribution in [1.29, 1.82) is 0 Å². The molecule has 0 aliphatic carbocycles. The number of ether oxygens (including phenoxy) is 2. The molecule has 17 heavy (non-hydrogen) atoms. The van der Waals surface area contributed by atoms with Crippen molar-refractivity contribution in [3.05, 3.63) is 23.8 Å². The summed E-state index contributed by atoms with van der Waals surface area (Å²) in [6.07, 6.45) is 1.89. The Morgan fingerprint density at radius 2 is 2.29 bits per heavy atom. The zero-order chi connectivity index (χ0) is 12.0. The standard InChI is InChI=1S/C13H15NO3/c1-13-6-3-7-14(13)12(15)10-8-9(16-2)4-5-11(10)17-13/h4-5,8H,3,6-7H2,1-2H3. The molecule has 2 heterocycles.